The Kier molecular flexibility index (Phi) is 3.96. The summed E-state index contributed by atoms with van der Waals surface area (Å²) in [6, 6.07) is 9.33. The van der Waals surface area contributed by atoms with Gasteiger partial charge in [-0.1, -0.05) is 6.07 Å². The molecule has 0 radical (unpaired) electrons. The highest BCUT2D eigenvalue weighted by molar-refractivity contribution is 5.94. The molecule has 0 aromatic heterocycles. The fourth-order valence-corrected chi connectivity index (χ4v) is 2.30. The first kappa shape index (κ1) is 12.6. The summed E-state index contributed by atoms with van der Waals surface area (Å²) in [5.41, 5.74) is 1.13. The first-order chi connectivity index (χ1) is 8.74. The van der Waals surface area contributed by atoms with E-state index in [4.69, 9.17) is 5.26 Å². The smallest absolute Gasteiger partial charge is 0.253 e. The summed E-state index contributed by atoms with van der Waals surface area (Å²) < 4.78 is 0. The highest BCUT2D eigenvalue weighted by Gasteiger charge is 2.23. The van der Waals surface area contributed by atoms with Gasteiger partial charge in [0.25, 0.3) is 5.91 Å². The zero-order chi connectivity index (χ0) is 13.0. The van der Waals surface area contributed by atoms with E-state index in [0.717, 1.165) is 25.9 Å². The van der Waals surface area contributed by atoms with E-state index in [-0.39, 0.29) is 5.91 Å². The third kappa shape index (κ3) is 2.69. The molecular formula is C14H17N3O. The van der Waals surface area contributed by atoms with E-state index in [1.807, 2.05) is 11.9 Å². The van der Waals surface area contributed by atoms with Crippen LogP contribution in [0.2, 0.25) is 0 Å². The molecule has 0 saturated carbocycles. The molecule has 94 valence electrons. The minimum absolute atomic E-state index is 0.0204. The summed E-state index contributed by atoms with van der Waals surface area (Å²) in [6.07, 6.45) is 2.13. The fraction of sp³-hybridized carbons (Fsp3) is 0.429. The van der Waals surface area contributed by atoms with Gasteiger partial charge in [0.2, 0.25) is 0 Å². The number of carbonyl (C=O) groups excluding carboxylic acids is 1. The number of piperidine rings is 1. The van der Waals surface area contributed by atoms with Crippen LogP contribution in [0.25, 0.3) is 0 Å². The number of hydrogen-bond donors (Lipinski definition) is 1. The maximum atomic E-state index is 12.3. The third-order valence-corrected chi connectivity index (χ3v) is 3.36. The van der Waals surface area contributed by atoms with Crippen molar-refractivity contribution in [2.75, 3.05) is 20.1 Å². The van der Waals surface area contributed by atoms with Gasteiger partial charge in [-0.25, -0.2) is 0 Å². The van der Waals surface area contributed by atoms with Crippen molar-refractivity contribution in [3.63, 3.8) is 0 Å². The largest absolute Gasteiger partial charge is 0.337 e. The molecule has 1 amide bonds. The van der Waals surface area contributed by atoms with Crippen LogP contribution in [0, 0.1) is 11.3 Å². The van der Waals surface area contributed by atoms with Crippen molar-refractivity contribution in [3.05, 3.63) is 35.4 Å². The molecule has 1 saturated heterocycles. The Bertz CT molecular complexity index is 478. The van der Waals surface area contributed by atoms with Gasteiger partial charge >= 0.3 is 0 Å². The SMILES string of the molecule is CNC1CCCN(C(=O)c2cccc(C#N)c2)C1. The predicted molar refractivity (Wildman–Crippen MR) is 69.1 cm³/mol. The van der Waals surface area contributed by atoms with Crippen LogP contribution in [0.15, 0.2) is 24.3 Å². The zero-order valence-corrected chi connectivity index (χ0v) is 10.5. The minimum Gasteiger partial charge on any atom is -0.337 e. The maximum absolute atomic E-state index is 12.3. The lowest BCUT2D eigenvalue weighted by molar-refractivity contribution is 0.0698. The molecular weight excluding hydrogens is 226 g/mol. The topological polar surface area (TPSA) is 56.1 Å². The highest BCUT2D eigenvalue weighted by atomic mass is 16.2. The van der Waals surface area contributed by atoms with Crippen molar-refractivity contribution in [3.8, 4) is 6.07 Å². The number of amides is 1. The molecule has 1 heterocycles. The molecule has 1 aliphatic rings. The second-order valence-corrected chi connectivity index (χ2v) is 4.57. The molecule has 4 nitrogen and oxygen atoms in total. The van der Waals surface area contributed by atoms with E-state index >= 15 is 0 Å². The molecule has 0 bridgehead atoms. The Morgan fingerprint density at radius 1 is 1.56 bits per heavy atom. The summed E-state index contributed by atoms with van der Waals surface area (Å²) in [5.74, 6) is 0.0204. The van der Waals surface area contributed by atoms with Crippen molar-refractivity contribution < 1.29 is 4.79 Å². The molecule has 1 aromatic rings. The van der Waals surface area contributed by atoms with Gasteiger partial charge in [-0.05, 0) is 38.1 Å². The van der Waals surface area contributed by atoms with Crippen molar-refractivity contribution in [1.29, 1.82) is 5.26 Å². The molecule has 1 unspecified atom stereocenters. The van der Waals surface area contributed by atoms with Crippen molar-refractivity contribution >= 4 is 5.91 Å². The van der Waals surface area contributed by atoms with Gasteiger partial charge in [0.1, 0.15) is 0 Å². The lowest BCUT2D eigenvalue weighted by Crippen LogP contribution is -2.46. The van der Waals surface area contributed by atoms with Gasteiger partial charge in [-0.2, -0.15) is 5.26 Å². The summed E-state index contributed by atoms with van der Waals surface area (Å²) in [7, 11) is 1.93. The number of likely N-dealkylation sites (tertiary alicyclic amines) is 1. The maximum Gasteiger partial charge on any atom is 0.253 e. The average molecular weight is 243 g/mol. The third-order valence-electron chi connectivity index (χ3n) is 3.36. The number of nitrogens with one attached hydrogen (secondary N) is 1. The number of nitrogens with zero attached hydrogens (tertiary/aromatic N) is 2. The molecule has 18 heavy (non-hydrogen) atoms. The Hall–Kier alpha value is -1.86. The molecule has 2 rings (SSSR count). The Labute approximate surface area is 107 Å². The molecule has 4 heteroatoms. The molecule has 1 N–H and O–H groups in total. The Morgan fingerprint density at radius 2 is 2.39 bits per heavy atom. The second-order valence-electron chi connectivity index (χ2n) is 4.57. The first-order valence-electron chi connectivity index (χ1n) is 6.21. The number of rotatable bonds is 2. The Morgan fingerprint density at radius 3 is 3.11 bits per heavy atom. The fourth-order valence-electron chi connectivity index (χ4n) is 2.30. The second kappa shape index (κ2) is 5.65. The molecule has 1 aliphatic heterocycles. The quantitative estimate of drug-likeness (QED) is 0.853. The van der Waals surface area contributed by atoms with Crippen LogP contribution < -0.4 is 5.32 Å². The predicted octanol–water partition coefficient (Wildman–Crippen LogP) is 1.38. The zero-order valence-electron chi connectivity index (χ0n) is 10.5. The number of benzene rings is 1. The molecule has 0 aliphatic carbocycles. The van der Waals surface area contributed by atoms with Crippen LogP contribution in [0.4, 0.5) is 0 Å². The van der Waals surface area contributed by atoms with Gasteiger partial charge in [-0.3, -0.25) is 4.79 Å². The molecule has 1 fully saturated rings. The van der Waals surface area contributed by atoms with E-state index in [0.29, 0.717) is 17.2 Å². The summed E-state index contributed by atoms with van der Waals surface area (Å²) in [6.45, 7) is 1.54. The lowest BCUT2D eigenvalue weighted by Gasteiger charge is -2.32. The lowest BCUT2D eigenvalue weighted by atomic mass is 10.0. The minimum atomic E-state index is 0.0204. The van der Waals surface area contributed by atoms with Gasteiger partial charge < -0.3 is 10.2 Å². The van der Waals surface area contributed by atoms with Crippen LogP contribution in [0.1, 0.15) is 28.8 Å². The van der Waals surface area contributed by atoms with Crippen LogP contribution in [-0.4, -0.2) is 37.0 Å². The van der Waals surface area contributed by atoms with E-state index in [1.54, 1.807) is 24.3 Å². The van der Waals surface area contributed by atoms with Crippen molar-refractivity contribution in [2.24, 2.45) is 0 Å². The van der Waals surface area contributed by atoms with E-state index < -0.39 is 0 Å². The first-order valence-corrected chi connectivity index (χ1v) is 6.21. The van der Waals surface area contributed by atoms with Crippen LogP contribution in [-0.2, 0) is 0 Å². The normalized spacial score (nSPS) is 19.3. The molecule has 1 atom stereocenters. The summed E-state index contributed by atoms with van der Waals surface area (Å²) in [5, 5.41) is 12.1. The van der Waals surface area contributed by atoms with Gasteiger partial charge in [0.05, 0.1) is 11.6 Å². The number of hydrogen-bond acceptors (Lipinski definition) is 3. The molecule has 1 aromatic carbocycles. The summed E-state index contributed by atoms with van der Waals surface area (Å²) in [4.78, 5) is 14.2. The summed E-state index contributed by atoms with van der Waals surface area (Å²) >= 11 is 0. The monoisotopic (exact) mass is 243 g/mol. The average Bonchev–Trinajstić information content (AvgIpc) is 2.46. The highest BCUT2D eigenvalue weighted by Crippen LogP contribution is 2.14. The van der Waals surface area contributed by atoms with E-state index in [9.17, 15) is 4.79 Å². The van der Waals surface area contributed by atoms with Crippen molar-refractivity contribution in [2.45, 2.75) is 18.9 Å². The number of carbonyl (C=O) groups is 1. The van der Waals surface area contributed by atoms with Gasteiger partial charge in [0.15, 0.2) is 0 Å². The van der Waals surface area contributed by atoms with Crippen LogP contribution >= 0.6 is 0 Å². The molecule has 0 spiro atoms. The number of nitriles is 1. The van der Waals surface area contributed by atoms with Gasteiger partial charge in [-0.15, -0.1) is 0 Å². The van der Waals surface area contributed by atoms with Gasteiger partial charge in [0, 0.05) is 24.7 Å². The number of likely N-dealkylation sites (N-methyl/N-ethyl adjacent to an activating group) is 1. The van der Waals surface area contributed by atoms with E-state index in [2.05, 4.69) is 11.4 Å². The Balaban J connectivity index is 2.13. The van der Waals surface area contributed by atoms with E-state index in [1.165, 1.54) is 0 Å². The van der Waals surface area contributed by atoms with Crippen molar-refractivity contribution in [1.82, 2.24) is 10.2 Å². The van der Waals surface area contributed by atoms with Crippen LogP contribution in [0.5, 0.6) is 0 Å². The van der Waals surface area contributed by atoms with Crippen LogP contribution in [0.3, 0.4) is 0 Å². The standard InChI is InChI=1S/C14H17N3O/c1-16-13-6-3-7-17(10-13)14(18)12-5-2-4-11(8-12)9-15/h2,4-5,8,13,16H,3,6-7,10H2,1H3.